The van der Waals surface area contributed by atoms with Crippen LogP contribution in [0.2, 0.25) is 0 Å². The highest BCUT2D eigenvalue weighted by molar-refractivity contribution is 14.1. The molecular weight excluding hydrogens is 471 g/mol. The number of benzene rings is 3. The number of halogens is 1. The highest BCUT2D eigenvalue weighted by Crippen LogP contribution is 2.44. The van der Waals surface area contributed by atoms with Crippen LogP contribution in [0.5, 0.6) is 0 Å². The van der Waals surface area contributed by atoms with Crippen molar-refractivity contribution in [1.82, 2.24) is 4.90 Å². The van der Waals surface area contributed by atoms with Crippen LogP contribution in [0.15, 0.2) is 97.6 Å². The summed E-state index contributed by atoms with van der Waals surface area (Å²) < 4.78 is 1.14. The van der Waals surface area contributed by atoms with Gasteiger partial charge in [0, 0.05) is 21.2 Å². The largest absolute Gasteiger partial charge is 0.322 e. The smallest absolute Gasteiger partial charge is 0.317 e. The molecule has 1 aliphatic rings. The molecule has 0 saturated carbocycles. The number of urea groups is 1. The SMILES string of the molecule is C=CC1CC(c2ccccc2)(c2ccccc2)CN1C(=O)Nc1ccc(I)cc1. The second-order valence-electron chi connectivity index (χ2n) is 7.39. The van der Waals surface area contributed by atoms with Gasteiger partial charge in [-0.25, -0.2) is 4.79 Å². The van der Waals surface area contributed by atoms with Gasteiger partial charge in [-0.1, -0.05) is 66.7 Å². The minimum Gasteiger partial charge on any atom is -0.317 e. The number of likely N-dealkylation sites (tertiary alicyclic amines) is 1. The summed E-state index contributed by atoms with van der Waals surface area (Å²) in [6, 6.07) is 28.7. The molecule has 0 radical (unpaired) electrons. The van der Waals surface area contributed by atoms with Crippen molar-refractivity contribution >= 4 is 34.3 Å². The molecule has 1 N–H and O–H groups in total. The van der Waals surface area contributed by atoms with Crippen LogP contribution in [-0.2, 0) is 5.41 Å². The Morgan fingerprint density at radius 3 is 2.03 bits per heavy atom. The first-order chi connectivity index (χ1) is 14.1. The van der Waals surface area contributed by atoms with Crippen LogP contribution in [-0.4, -0.2) is 23.5 Å². The first kappa shape index (κ1) is 19.7. The van der Waals surface area contributed by atoms with Crippen LogP contribution in [0.25, 0.3) is 0 Å². The predicted octanol–water partition coefficient (Wildman–Crippen LogP) is 6.07. The fourth-order valence-electron chi connectivity index (χ4n) is 4.20. The van der Waals surface area contributed by atoms with E-state index in [1.165, 1.54) is 11.1 Å². The Morgan fingerprint density at radius 2 is 1.52 bits per heavy atom. The van der Waals surface area contributed by atoms with Crippen molar-refractivity contribution in [3.63, 3.8) is 0 Å². The van der Waals surface area contributed by atoms with E-state index >= 15 is 0 Å². The summed E-state index contributed by atoms with van der Waals surface area (Å²) in [6.45, 7) is 4.63. The second-order valence-corrected chi connectivity index (χ2v) is 8.63. The molecule has 3 aromatic rings. The third kappa shape index (κ3) is 3.94. The van der Waals surface area contributed by atoms with E-state index in [4.69, 9.17) is 0 Å². The van der Waals surface area contributed by atoms with Gasteiger partial charge in [0.15, 0.2) is 0 Å². The predicted molar refractivity (Wildman–Crippen MR) is 127 cm³/mol. The molecular formula is C25H23IN2O. The monoisotopic (exact) mass is 494 g/mol. The van der Waals surface area contributed by atoms with Crippen molar-refractivity contribution < 1.29 is 4.79 Å². The number of hydrogen-bond donors (Lipinski definition) is 1. The maximum Gasteiger partial charge on any atom is 0.322 e. The summed E-state index contributed by atoms with van der Waals surface area (Å²) in [7, 11) is 0. The lowest BCUT2D eigenvalue weighted by molar-refractivity contribution is 0.213. The molecule has 4 rings (SSSR count). The molecule has 1 aliphatic heterocycles. The minimum atomic E-state index is -0.259. The van der Waals surface area contributed by atoms with E-state index in [-0.39, 0.29) is 17.5 Å². The number of carbonyl (C=O) groups is 1. The van der Waals surface area contributed by atoms with E-state index in [0.717, 1.165) is 15.7 Å². The summed E-state index contributed by atoms with van der Waals surface area (Å²) in [5.41, 5.74) is 2.99. The lowest BCUT2D eigenvalue weighted by atomic mass is 9.73. The third-order valence-electron chi connectivity index (χ3n) is 5.68. The summed E-state index contributed by atoms with van der Waals surface area (Å²) >= 11 is 2.26. The molecule has 4 heteroatoms. The van der Waals surface area contributed by atoms with Gasteiger partial charge >= 0.3 is 6.03 Å². The molecule has 3 aromatic carbocycles. The van der Waals surface area contributed by atoms with Gasteiger partial charge in [0.25, 0.3) is 0 Å². The van der Waals surface area contributed by atoms with Crippen molar-refractivity contribution in [3.05, 3.63) is 112 Å². The van der Waals surface area contributed by atoms with Crippen LogP contribution in [0.4, 0.5) is 10.5 Å². The first-order valence-electron chi connectivity index (χ1n) is 9.69. The molecule has 1 fully saturated rings. The van der Waals surface area contributed by atoms with Crippen molar-refractivity contribution in [1.29, 1.82) is 0 Å². The number of nitrogens with one attached hydrogen (secondary N) is 1. The van der Waals surface area contributed by atoms with Gasteiger partial charge in [0.05, 0.1) is 6.04 Å². The highest BCUT2D eigenvalue weighted by Gasteiger charge is 2.47. The topological polar surface area (TPSA) is 32.3 Å². The Kier molecular flexibility index (Phi) is 5.72. The normalized spacial score (nSPS) is 17.7. The Labute approximate surface area is 185 Å². The number of hydrogen-bond acceptors (Lipinski definition) is 1. The lowest BCUT2D eigenvalue weighted by Gasteiger charge is -2.30. The number of nitrogens with zero attached hydrogens (tertiary/aromatic N) is 1. The third-order valence-corrected chi connectivity index (χ3v) is 6.40. The van der Waals surface area contributed by atoms with Gasteiger partial charge in [0.2, 0.25) is 0 Å². The van der Waals surface area contributed by atoms with E-state index in [2.05, 4.69) is 83.0 Å². The van der Waals surface area contributed by atoms with Crippen molar-refractivity contribution in [2.45, 2.75) is 17.9 Å². The van der Waals surface area contributed by atoms with Crippen molar-refractivity contribution in [2.24, 2.45) is 0 Å². The lowest BCUT2D eigenvalue weighted by Crippen LogP contribution is -2.40. The Balaban J connectivity index is 1.69. The molecule has 1 saturated heterocycles. The molecule has 3 nitrogen and oxygen atoms in total. The van der Waals surface area contributed by atoms with E-state index in [0.29, 0.717) is 6.54 Å². The van der Waals surface area contributed by atoms with Crippen LogP contribution in [0.1, 0.15) is 17.5 Å². The summed E-state index contributed by atoms with van der Waals surface area (Å²) in [5, 5.41) is 3.05. The quantitative estimate of drug-likeness (QED) is 0.347. The Bertz CT molecular complexity index is 947. The minimum absolute atomic E-state index is 0.0424. The Hall–Kier alpha value is -2.60. The van der Waals surface area contributed by atoms with Crippen molar-refractivity contribution in [3.8, 4) is 0 Å². The van der Waals surface area contributed by atoms with Gasteiger partial charge < -0.3 is 10.2 Å². The summed E-state index contributed by atoms with van der Waals surface area (Å²) in [4.78, 5) is 15.1. The average molecular weight is 494 g/mol. The maximum atomic E-state index is 13.2. The summed E-state index contributed by atoms with van der Waals surface area (Å²) in [5.74, 6) is 0. The molecule has 0 aromatic heterocycles. The number of rotatable bonds is 4. The van der Waals surface area contributed by atoms with Gasteiger partial charge in [-0.05, 0) is 64.4 Å². The average Bonchev–Trinajstić information content (AvgIpc) is 3.18. The zero-order chi connectivity index (χ0) is 20.3. The van der Waals surface area contributed by atoms with Crippen LogP contribution in [0.3, 0.4) is 0 Å². The van der Waals surface area contributed by atoms with Gasteiger partial charge in [-0.15, -0.1) is 6.58 Å². The van der Waals surface area contributed by atoms with E-state index in [1.807, 2.05) is 47.4 Å². The molecule has 1 heterocycles. The molecule has 0 bridgehead atoms. The summed E-state index contributed by atoms with van der Waals surface area (Å²) in [6.07, 6.45) is 2.70. The fraction of sp³-hybridized carbons (Fsp3) is 0.160. The maximum absolute atomic E-state index is 13.2. The number of carbonyl (C=O) groups excluding carboxylic acids is 1. The first-order valence-corrected chi connectivity index (χ1v) is 10.8. The van der Waals surface area contributed by atoms with Gasteiger partial charge in [-0.2, -0.15) is 0 Å². The van der Waals surface area contributed by atoms with E-state index < -0.39 is 0 Å². The highest BCUT2D eigenvalue weighted by atomic mass is 127. The molecule has 0 aliphatic carbocycles. The number of amides is 2. The van der Waals surface area contributed by atoms with Gasteiger partial charge in [0.1, 0.15) is 0 Å². The van der Waals surface area contributed by atoms with Crippen LogP contribution < -0.4 is 5.32 Å². The Morgan fingerprint density at radius 1 is 0.966 bits per heavy atom. The zero-order valence-electron chi connectivity index (χ0n) is 16.1. The van der Waals surface area contributed by atoms with E-state index in [1.54, 1.807) is 0 Å². The molecule has 1 atom stereocenters. The van der Waals surface area contributed by atoms with Crippen molar-refractivity contribution in [2.75, 3.05) is 11.9 Å². The number of anilines is 1. The van der Waals surface area contributed by atoms with Crippen LogP contribution in [0, 0.1) is 3.57 Å². The second kappa shape index (κ2) is 8.41. The molecule has 146 valence electrons. The van der Waals surface area contributed by atoms with E-state index in [9.17, 15) is 4.79 Å². The standard InChI is InChI=1S/C25H23IN2O/c1-2-23-17-25(19-9-5-3-6-10-19,20-11-7-4-8-12-20)18-28(23)24(29)27-22-15-13-21(26)14-16-22/h2-16,23H,1,17-18H2,(H,27,29). The van der Waals surface area contributed by atoms with Gasteiger partial charge in [-0.3, -0.25) is 0 Å². The molecule has 29 heavy (non-hydrogen) atoms. The zero-order valence-corrected chi connectivity index (χ0v) is 18.2. The molecule has 1 unspecified atom stereocenters. The van der Waals surface area contributed by atoms with Crippen LogP contribution >= 0.6 is 22.6 Å². The molecule has 0 spiro atoms. The fourth-order valence-corrected chi connectivity index (χ4v) is 4.56. The molecule has 2 amide bonds.